The van der Waals surface area contributed by atoms with Crippen molar-refractivity contribution in [2.75, 3.05) is 20.2 Å². The van der Waals surface area contributed by atoms with Gasteiger partial charge in [0.2, 0.25) is 0 Å². The summed E-state index contributed by atoms with van der Waals surface area (Å²) >= 11 is 3.46. The molecule has 0 saturated heterocycles. The topological polar surface area (TPSA) is 88.7 Å². The van der Waals surface area contributed by atoms with Crippen molar-refractivity contribution in [3.05, 3.63) is 98.8 Å². The maximum Gasteiger partial charge on any atom is 0.258 e. The van der Waals surface area contributed by atoms with Crippen LogP contribution in [0.3, 0.4) is 0 Å². The second-order valence-electron chi connectivity index (χ2n) is 8.81. The van der Waals surface area contributed by atoms with E-state index in [1.807, 2.05) is 18.2 Å². The van der Waals surface area contributed by atoms with E-state index < -0.39 is 11.7 Å². The zero-order valence-electron chi connectivity index (χ0n) is 21.3. The highest BCUT2D eigenvalue weighted by molar-refractivity contribution is 9.10. The largest absolute Gasteiger partial charge is 0.496 e. The average Bonchev–Trinajstić information content (AvgIpc) is 2.88. The number of halogens is 2. The number of carbonyl (C=O) groups excluding carboxylic acids is 1. The number of methoxy groups -OCH3 is 1. The number of aryl methyl sites for hydroxylation is 2. The molecule has 37 heavy (non-hydrogen) atoms. The van der Waals surface area contributed by atoms with Gasteiger partial charge in [0.05, 0.1) is 7.11 Å². The minimum absolute atomic E-state index is 0.0292. The lowest BCUT2D eigenvalue weighted by Gasteiger charge is -2.13. The number of unbranched alkanes of at least 4 members (excludes halogenated alkanes) is 1. The van der Waals surface area contributed by atoms with E-state index in [0.717, 1.165) is 36.0 Å². The lowest BCUT2D eigenvalue weighted by atomic mass is 9.98. The van der Waals surface area contributed by atoms with Gasteiger partial charge in [-0.3, -0.25) is 15.1 Å². The number of benzene rings is 3. The highest BCUT2D eigenvalue weighted by Gasteiger charge is 2.17. The van der Waals surface area contributed by atoms with Crippen LogP contribution in [0.15, 0.2) is 70.1 Å². The molecule has 8 heteroatoms. The minimum atomic E-state index is -0.475. The van der Waals surface area contributed by atoms with Crippen LogP contribution in [-0.4, -0.2) is 32.1 Å². The number of hydrogen-bond donors (Lipinski definition) is 3. The Morgan fingerprint density at radius 1 is 1.08 bits per heavy atom. The molecule has 6 nitrogen and oxygen atoms in total. The minimum Gasteiger partial charge on any atom is -0.496 e. The molecule has 0 bridgehead atoms. The third kappa shape index (κ3) is 8.98. The molecule has 3 aromatic carbocycles. The Hall–Kier alpha value is -3.23. The van der Waals surface area contributed by atoms with Gasteiger partial charge in [-0.1, -0.05) is 51.8 Å². The fourth-order valence-corrected chi connectivity index (χ4v) is 4.36. The fraction of sp³-hybridized carbons (Fsp3) is 0.310. The van der Waals surface area contributed by atoms with Crippen molar-refractivity contribution in [1.82, 2.24) is 10.6 Å². The van der Waals surface area contributed by atoms with Crippen molar-refractivity contribution < 1.29 is 13.9 Å². The maximum absolute atomic E-state index is 14.7. The lowest BCUT2D eigenvalue weighted by Crippen LogP contribution is -2.37. The molecule has 3 aromatic rings. The molecule has 0 radical (unpaired) electrons. The van der Waals surface area contributed by atoms with Gasteiger partial charge in [0.1, 0.15) is 11.6 Å². The molecule has 0 unspecified atom stereocenters. The van der Waals surface area contributed by atoms with Crippen LogP contribution in [0.25, 0.3) is 0 Å². The number of amides is 1. The second-order valence-corrected chi connectivity index (χ2v) is 9.73. The van der Waals surface area contributed by atoms with Crippen LogP contribution in [0.5, 0.6) is 5.75 Å². The molecule has 1 amide bonds. The third-order valence-electron chi connectivity index (χ3n) is 5.99. The summed E-state index contributed by atoms with van der Waals surface area (Å²) in [5, 5.41) is 6.01. The van der Waals surface area contributed by atoms with E-state index in [0.29, 0.717) is 30.7 Å². The predicted molar refractivity (Wildman–Crippen MR) is 151 cm³/mol. The standard InChI is InChI=1S/C29H34BrFN4O2/c1-20-8-10-21(11-9-20)19-33-16-3-4-17-34-29(32)35-28(36)25-6-5-7-26(31)24(25)14-12-22-18-23(30)13-15-27(22)37-2/h5-11,13,15,18,33H,3-4,12,14,16-17,19H2,1-2H3,(H3,32,34,35,36). The molecule has 3 rings (SSSR count). The summed E-state index contributed by atoms with van der Waals surface area (Å²) in [6, 6.07) is 18.6. The highest BCUT2D eigenvalue weighted by Crippen LogP contribution is 2.25. The molecule has 0 saturated carbocycles. The van der Waals surface area contributed by atoms with E-state index in [1.165, 1.54) is 23.3 Å². The van der Waals surface area contributed by atoms with Crippen molar-refractivity contribution in [2.45, 2.75) is 39.2 Å². The first-order chi connectivity index (χ1) is 17.9. The molecule has 4 N–H and O–H groups in total. The number of rotatable bonds is 12. The zero-order valence-corrected chi connectivity index (χ0v) is 22.9. The van der Waals surface area contributed by atoms with Gasteiger partial charge in [0.25, 0.3) is 5.91 Å². The summed E-state index contributed by atoms with van der Waals surface area (Å²) < 4.78 is 21.0. The van der Waals surface area contributed by atoms with Gasteiger partial charge in [-0.05, 0) is 80.6 Å². The van der Waals surface area contributed by atoms with Crippen LogP contribution in [0.2, 0.25) is 0 Å². The number of nitrogens with zero attached hydrogens (tertiary/aromatic N) is 1. The number of ether oxygens (including phenoxy) is 1. The van der Waals surface area contributed by atoms with Gasteiger partial charge >= 0.3 is 0 Å². The maximum atomic E-state index is 14.7. The van der Waals surface area contributed by atoms with E-state index in [-0.39, 0.29) is 11.5 Å². The van der Waals surface area contributed by atoms with Gasteiger partial charge in [0.15, 0.2) is 5.96 Å². The van der Waals surface area contributed by atoms with Crippen molar-refractivity contribution >= 4 is 27.8 Å². The summed E-state index contributed by atoms with van der Waals surface area (Å²) in [5.74, 6) is -0.166. The molecule has 0 spiro atoms. The van der Waals surface area contributed by atoms with Crippen molar-refractivity contribution in [3.8, 4) is 5.75 Å². The molecule has 0 heterocycles. The van der Waals surface area contributed by atoms with Crippen LogP contribution >= 0.6 is 15.9 Å². The van der Waals surface area contributed by atoms with Crippen LogP contribution in [0, 0.1) is 12.7 Å². The first kappa shape index (κ1) is 28.3. The second kappa shape index (κ2) is 14.5. The summed E-state index contributed by atoms with van der Waals surface area (Å²) in [6.07, 6.45) is 2.60. The lowest BCUT2D eigenvalue weighted by molar-refractivity contribution is 0.0975. The molecule has 0 aliphatic heterocycles. The van der Waals surface area contributed by atoms with Crippen LogP contribution in [0.4, 0.5) is 4.39 Å². The number of aliphatic imine (C=N–C) groups is 1. The molecular formula is C29H34BrFN4O2. The van der Waals surface area contributed by atoms with Crippen molar-refractivity contribution in [1.29, 1.82) is 0 Å². The summed E-state index contributed by atoms with van der Waals surface area (Å²) in [6.45, 7) is 4.26. The first-order valence-electron chi connectivity index (χ1n) is 12.3. The van der Waals surface area contributed by atoms with Gasteiger partial charge in [-0.25, -0.2) is 4.39 Å². The third-order valence-corrected chi connectivity index (χ3v) is 6.48. The first-order valence-corrected chi connectivity index (χ1v) is 13.1. The molecule has 0 aliphatic rings. The zero-order chi connectivity index (χ0) is 26.6. The Bertz CT molecular complexity index is 1220. The van der Waals surface area contributed by atoms with Crippen molar-refractivity contribution in [2.24, 2.45) is 10.7 Å². The van der Waals surface area contributed by atoms with Crippen LogP contribution in [-0.2, 0) is 19.4 Å². The average molecular weight is 570 g/mol. The molecule has 0 aromatic heterocycles. The van der Waals surface area contributed by atoms with Crippen molar-refractivity contribution in [3.63, 3.8) is 0 Å². The van der Waals surface area contributed by atoms with Gasteiger partial charge in [0, 0.05) is 28.7 Å². The Labute approximate surface area is 226 Å². The molecule has 0 fully saturated rings. The number of nitrogens with one attached hydrogen (secondary N) is 2. The monoisotopic (exact) mass is 568 g/mol. The Morgan fingerprint density at radius 3 is 2.62 bits per heavy atom. The predicted octanol–water partition coefficient (Wildman–Crippen LogP) is 5.30. The van der Waals surface area contributed by atoms with Crippen LogP contribution in [0.1, 0.15) is 45.5 Å². The number of carbonyl (C=O) groups is 1. The summed E-state index contributed by atoms with van der Waals surface area (Å²) in [5.41, 5.74) is 9.93. The number of guanidine groups is 1. The van der Waals surface area contributed by atoms with Gasteiger partial charge in [-0.2, -0.15) is 0 Å². The molecular weight excluding hydrogens is 535 g/mol. The Morgan fingerprint density at radius 2 is 1.86 bits per heavy atom. The molecule has 0 atom stereocenters. The summed E-state index contributed by atoms with van der Waals surface area (Å²) in [7, 11) is 1.60. The Balaban J connectivity index is 1.48. The van der Waals surface area contributed by atoms with E-state index in [4.69, 9.17) is 10.5 Å². The fourth-order valence-electron chi connectivity index (χ4n) is 3.95. The Kier molecular flexibility index (Phi) is 11.1. The number of hydrogen-bond acceptors (Lipinski definition) is 4. The van der Waals surface area contributed by atoms with E-state index in [9.17, 15) is 9.18 Å². The molecule has 196 valence electrons. The van der Waals surface area contributed by atoms with E-state index in [2.05, 4.69) is 62.7 Å². The van der Waals surface area contributed by atoms with Gasteiger partial charge in [-0.15, -0.1) is 0 Å². The van der Waals surface area contributed by atoms with Crippen LogP contribution < -0.4 is 21.1 Å². The molecule has 0 aliphatic carbocycles. The van der Waals surface area contributed by atoms with Gasteiger partial charge < -0.3 is 15.8 Å². The highest BCUT2D eigenvalue weighted by atomic mass is 79.9. The van der Waals surface area contributed by atoms with E-state index >= 15 is 0 Å². The SMILES string of the molecule is COc1ccc(Br)cc1CCc1c(F)cccc1C(=O)NC(N)=NCCCCNCc1ccc(C)cc1. The number of nitrogens with two attached hydrogens (primary N) is 1. The normalized spacial score (nSPS) is 11.4. The smallest absolute Gasteiger partial charge is 0.258 e. The van der Waals surface area contributed by atoms with E-state index in [1.54, 1.807) is 13.2 Å². The summed E-state index contributed by atoms with van der Waals surface area (Å²) in [4.78, 5) is 17.1. The quantitative estimate of drug-likeness (QED) is 0.157.